The van der Waals surface area contributed by atoms with E-state index in [1.165, 1.54) is 0 Å². The van der Waals surface area contributed by atoms with Crippen LogP contribution in [0.1, 0.15) is 15.2 Å². The van der Waals surface area contributed by atoms with Crippen molar-refractivity contribution in [2.45, 2.75) is 12.5 Å². The summed E-state index contributed by atoms with van der Waals surface area (Å²) >= 11 is 0.920. The van der Waals surface area contributed by atoms with E-state index < -0.39 is 23.6 Å². The second-order valence-electron chi connectivity index (χ2n) is 5.76. The molecule has 0 spiro atoms. The van der Waals surface area contributed by atoms with Crippen molar-refractivity contribution >= 4 is 29.1 Å². The van der Waals surface area contributed by atoms with Crippen LogP contribution in [0.2, 0.25) is 0 Å². The highest BCUT2D eigenvalue weighted by Gasteiger charge is 2.28. The first-order valence-corrected chi connectivity index (χ1v) is 8.90. The predicted octanol–water partition coefficient (Wildman–Crippen LogP) is 1.60. The van der Waals surface area contributed by atoms with Crippen LogP contribution in [0.5, 0.6) is 0 Å². The molecular weight excluding hydrogens is 364 g/mol. The Labute approximate surface area is 159 Å². The van der Waals surface area contributed by atoms with Gasteiger partial charge in [0, 0.05) is 12.0 Å². The summed E-state index contributed by atoms with van der Waals surface area (Å²) < 4.78 is 3.85. The highest BCUT2D eigenvalue weighted by molar-refractivity contribution is 7.08. The van der Waals surface area contributed by atoms with E-state index in [1.807, 2.05) is 48.5 Å². The van der Waals surface area contributed by atoms with E-state index >= 15 is 0 Å². The van der Waals surface area contributed by atoms with Crippen molar-refractivity contribution in [1.29, 1.82) is 0 Å². The summed E-state index contributed by atoms with van der Waals surface area (Å²) in [5, 5.41) is 6.61. The number of primary amides is 1. The quantitative estimate of drug-likeness (QED) is 0.604. The van der Waals surface area contributed by atoms with Crippen LogP contribution in [0.4, 0.5) is 0 Å². The fourth-order valence-corrected chi connectivity index (χ4v) is 3.17. The smallest absolute Gasteiger partial charge is 0.287 e. The summed E-state index contributed by atoms with van der Waals surface area (Å²) in [6, 6.07) is 17.1. The highest BCUT2D eigenvalue weighted by atomic mass is 32.1. The Morgan fingerprint density at radius 2 is 1.63 bits per heavy atom. The molecule has 3 rings (SSSR count). The number of Topliss-reactive ketones (excluding diaryl/α,β-unsaturated/α-hetero) is 1. The summed E-state index contributed by atoms with van der Waals surface area (Å²) in [4.78, 5) is 36.6. The van der Waals surface area contributed by atoms with Crippen molar-refractivity contribution in [2.75, 3.05) is 0 Å². The van der Waals surface area contributed by atoms with Gasteiger partial charge < -0.3 is 11.1 Å². The van der Waals surface area contributed by atoms with Crippen LogP contribution in [0.25, 0.3) is 11.3 Å². The van der Waals surface area contributed by atoms with Gasteiger partial charge >= 0.3 is 0 Å². The second-order valence-corrected chi connectivity index (χ2v) is 6.52. The molecule has 1 aromatic heterocycles. The summed E-state index contributed by atoms with van der Waals surface area (Å²) in [6.45, 7) is 0. The molecule has 27 heavy (non-hydrogen) atoms. The number of hydrogen-bond donors (Lipinski definition) is 2. The maximum absolute atomic E-state index is 12.7. The minimum Gasteiger partial charge on any atom is -0.363 e. The molecule has 2 aromatic carbocycles. The Hall–Kier alpha value is -3.39. The van der Waals surface area contributed by atoms with Crippen molar-refractivity contribution < 1.29 is 14.4 Å². The molecule has 136 valence electrons. The van der Waals surface area contributed by atoms with Gasteiger partial charge in [-0.3, -0.25) is 14.4 Å². The Balaban J connectivity index is 1.84. The number of rotatable bonds is 7. The minimum atomic E-state index is -1.10. The number of nitrogens with one attached hydrogen (secondary N) is 1. The van der Waals surface area contributed by atoms with E-state index in [9.17, 15) is 14.4 Å². The molecule has 0 saturated heterocycles. The van der Waals surface area contributed by atoms with Gasteiger partial charge in [0.2, 0.25) is 5.78 Å². The molecular formula is C19H16N4O3S. The molecule has 0 aliphatic heterocycles. The summed E-state index contributed by atoms with van der Waals surface area (Å²) in [6.07, 6.45) is 0.154. The summed E-state index contributed by atoms with van der Waals surface area (Å²) in [7, 11) is 0. The minimum absolute atomic E-state index is 0.154. The summed E-state index contributed by atoms with van der Waals surface area (Å²) in [5.74, 6) is -2.48. The van der Waals surface area contributed by atoms with Gasteiger partial charge in [0.25, 0.3) is 11.8 Å². The van der Waals surface area contributed by atoms with Crippen LogP contribution in [0.3, 0.4) is 0 Å². The Bertz CT molecular complexity index is 957. The van der Waals surface area contributed by atoms with Crippen LogP contribution >= 0.6 is 11.5 Å². The lowest BCUT2D eigenvalue weighted by Crippen LogP contribution is -2.47. The predicted molar refractivity (Wildman–Crippen MR) is 101 cm³/mol. The zero-order valence-corrected chi connectivity index (χ0v) is 15.0. The lowest BCUT2D eigenvalue weighted by Gasteiger charge is -2.16. The van der Waals surface area contributed by atoms with Gasteiger partial charge in [-0.2, -0.15) is 0 Å². The molecule has 7 nitrogen and oxygen atoms in total. The number of amides is 2. The van der Waals surface area contributed by atoms with Gasteiger partial charge in [-0.05, 0) is 17.1 Å². The maximum Gasteiger partial charge on any atom is 0.287 e. The molecule has 1 heterocycles. The lowest BCUT2D eigenvalue weighted by molar-refractivity contribution is -0.137. The normalized spacial score (nSPS) is 11.6. The zero-order chi connectivity index (χ0) is 19.2. The number of carbonyl (C=O) groups excluding carboxylic acids is 3. The molecule has 0 aliphatic rings. The number of carbonyl (C=O) groups is 3. The van der Waals surface area contributed by atoms with Crippen LogP contribution in [-0.4, -0.2) is 33.2 Å². The number of benzene rings is 2. The van der Waals surface area contributed by atoms with Crippen molar-refractivity contribution in [1.82, 2.24) is 14.9 Å². The molecule has 8 heteroatoms. The molecule has 1 unspecified atom stereocenters. The number of nitrogens with zero attached hydrogens (tertiary/aromatic N) is 2. The first kappa shape index (κ1) is 18.4. The van der Waals surface area contributed by atoms with Crippen LogP contribution in [-0.2, 0) is 16.0 Å². The van der Waals surface area contributed by atoms with Crippen molar-refractivity contribution in [3.63, 3.8) is 0 Å². The fourth-order valence-electron chi connectivity index (χ4n) is 2.58. The first-order chi connectivity index (χ1) is 13.1. The number of hydrogen-bond acceptors (Lipinski definition) is 6. The SMILES string of the molecule is NC(=O)C(=O)C(Cc1ccccc1)NC(=O)c1snnc1-c1ccccc1. The first-order valence-electron chi connectivity index (χ1n) is 8.12. The van der Waals surface area contributed by atoms with Crippen molar-refractivity contribution in [3.8, 4) is 11.3 Å². The summed E-state index contributed by atoms with van der Waals surface area (Å²) in [5.41, 5.74) is 7.09. The van der Waals surface area contributed by atoms with E-state index in [0.717, 1.165) is 22.7 Å². The van der Waals surface area contributed by atoms with E-state index in [4.69, 9.17) is 5.73 Å². The number of nitrogens with two attached hydrogens (primary N) is 1. The average molecular weight is 380 g/mol. The lowest BCUT2D eigenvalue weighted by atomic mass is 10.0. The molecule has 3 aromatic rings. The van der Waals surface area contributed by atoms with Gasteiger partial charge in [-0.1, -0.05) is 65.2 Å². The Morgan fingerprint density at radius 3 is 2.26 bits per heavy atom. The number of aromatic nitrogens is 2. The number of ketones is 1. The molecule has 0 bridgehead atoms. The third kappa shape index (κ3) is 4.42. The molecule has 3 N–H and O–H groups in total. The fraction of sp³-hybridized carbons (Fsp3) is 0.105. The van der Waals surface area contributed by atoms with Crippen molar-refractivity contribution in [2.24, 2.45) is 5.73 Å². The van der Waals surface area contributed by atoms with E-state index in [-0.39, 0.29) is 11.3 Å². The van der Waals surface area contributed by atoms with Gasteiger partial charge in [0.1, 0.15) is 16.6 Å². The topological polar surface area (TPSA) is 115 Å². The van der Waals surface area contributed by atoms with Crippen LogP contribution < -0.4 is 11.1 Å². The van der Waals surface area contributed by atoms with Crippen molar-refractivity contribution in [3.05, 3.63) is 71.1 Å². The van der Waals surface area contributed by atoms with Crippen LogP contribution in [0.15, 0.2) is 60.7 Å². The standard InChI is InChI=1S/C19H16N4O3S/c20-18(25)16(24)14(11-12-7-3-1-4-8-12)21-19(26)17-15(22-23-27-17)13-9-5-2-6-10-13/h1-10,14H,11H2,(H2,20,25)(H,21,26). The molecule has 0 fully saturated rings. The monoisotopic (exact) mass is 380 g/mol. The largest absolute Gasteiger partial charge is 0.363 e. The van der Waals surface area contributed by atoms with E-state index in [0.29, 0.717) is 5.69 Å². The third-order valence-corrected chi connectivity index (χ3v) is 4.61. The Morgan fingerprint density at radius 1 is 1.00 bits per heavy atom. The molecule has 1 atom stereocenters. The Kier molecular flexibility index (Phi) is 5.68. The third-order valence-electron chi connectivity index (χ3n) is 3.89. The van der Waals surface area contributed by atoms with Gasteiger partial charge in [0.05, 0.1) is 0 Å². The molecule has 0 aliphatic carbocycles. The van der Waals surface area contributed by atoms with Gasteiger partial charge in [0.15, 0.2) is 0 Å². The van der Waals surface area contributed by atoms with Crippen LogP contribution in [0, 0.1) is 0 Å². The van der Waals surface area contributed by atoms with E-state index in [2.05, 4.69) is 14.9 Å². The van der Waals surface area contributed by atoms with E-state index in [1.54, 1.807) is 12.1 Å². The molecule has 0 radical (unpaired) electrons. The average Bonchev–Trinajstić information content (AvgIpc) is 3.18. The molecule has 2 amide bonds. The molecule has 0 saturated carbocycles. The second kappa shape index (κ2) is 8.33. The highest BCUT2D eigenvalue weighted by Crippen LogP contribution is 2.23. The zero-order valence-electron chi connectivity index (χ0n) is 14.2. The maximum atomic E-state index is 12.7. The van der Waals surface area contributed by atoms with Gasteiger partial charge in [-0.15, -0.1) is 5.10 Å². The van der Waals surface area contributed by atoms with Gasteiger partial charge in [-0.25, -0.2) is 0 Å².